The minimum Gasteiger partial charge on any atom is -0.147 e. The van der Waals surface area contributed by atoms with Crippen LogP contribution in [0.5, 0.6) is 0 Å². The van der Waals surface area contributed by atoms with Crippen LogP contribution in [0.3, 0.4) is 0 Å². The molecule has 0 N–H and O–H groups in total. The molecule has 1 nitrogen and oxygen atoms in total. The van der Waals surface area contributed by atoms with Gasteiger partial charge in [-0.05, 0) is 0 Å². The van der Waals surface area contributed by atoms with Crippen LogP contribution in [0.2, 0.25) is 0 Å². The number of allylic oxidation sites excluding steroid dienone is 4. The SMILES string of the molecule is CN(C)[CH2][Hf][C]1=CC=CC1.Cl.Cl.Cl. The molecule has 0 spiro atoms. The second-order valence-electron chi connectivity index (χ2n) is 2.74. The summed E-state index contributed by atoms with van der Waals surface area (Å²) in [5.41, 5.74) is 0. The Morgan fingerprint density at radius 3 is 2.31 bits per heavy atom. The fourth-order valence-electron chi connectivity index (χ4n) is 0.838. The Morgan fingerprint density at radius 2 is 1.92 bits per heavy atom. The fraction of sp³-hybridized carbons (Fsp3) is 0.500. The molecule has 0 saturated carbocycles. The van der Waals surface area contributed by atoms with Crippen molar-refractivity contribution in [2.24, 2.45) is 0 Å². The molecule has 0 aromatic rings. The summed E-state index contributed by atoms with van der Waals surface area (Å²) in [6.45, 7) is 0. The van der Waals surface area contributed by atoms with Crippen LogP contribution >= 0.6 is 37.2 Å². The van der Waals surface area contributed by atoms with Crippen LogP contribution < -0.4 is 0 Å². The van der Waals surface area contributed by atoms with E-state index >= 15 is 0 Å². The molecule has 0 unspecified atom stereocenters. The molecule has 13 heavy (non-hydrogen) atoms. The number of rotatable bonds is 3. The molecule has 0 bridgehead atoms. The first kappa shape index (κ1) is 19.7. The van der Waals surface area contributed by atoms with Crippen molar-refractivity contribution < 1.29 is 22.9 Å². The van der Waals surface area contributed by atoms with Gasteiger partial charge in [0.25, 0.3) is 0 Å². The average Bonchev–Trinajstić information content (AvgIpc) is 2.34. The van der Waals surface area contributed by atoms with Crippen LogP contribution in [0.15, 0.2) is 21.6 Å². The van der Waals surface area contributed by atoms with E-state index < -0.39 is 22.9 Å². The van der Waals surface area contributed by atoms with Gasteiger partial charge in [0.1, 0.15) is 0 Å². The summed E-state index contributed by atoms with van der Waals surface area (Å²) in [7, 11) is 4.33. The number of nitrogens with zero attached hydrogens (tertiary/aromatic N) is 1. The summed E-state index contributed by atoms with van der Waals surface area (Å²) in [6, 6.07) is 0. The van der Waals surface area contributed by atoms with E-state index in [1.807, 2.05) is 0 Å². The second-order valence-corrected chi connectivity index (χ2v) is 7.45. The van der Waals surface area contributed by atoms with Crippen molar-refractivity contribution >= 4 is 37.2 Å². The van der Waals surface area contributed by atoms with Gasteiger partial charge in [0, 0.05) is 0 Å². The predicted molar refractivity (Wildman–Crippen MR) is 62.1 cm³/mol. The van der Waals surface area contributed by atoms with Gasteiger partial charge in [0.2, 0.25) is 0 Å². The van der Waals surface area contributed by atoms with Crippen LogP contribution in [0.1, 0.15) is 6.42 Å². The van der Waals surface area contributed by atoms with Gasteiger partial charge in [-0.3, -0.25) is 0 Å². The molecule has 0 radical (unpaired) electrons. The van der Waals surface area contributed by atoms with Crippen molar-refractivity contribution in [3.05, 3.63) is 21.6 Å². The number of hydrogen-bond acceptors (Lipinski definition) is 1. The zero-order valence-corrected chi connectivity index (χ0v) is 13.9. The molecule has 5 heteroatoms. The smallest absolute Gasteiger partial charge is 0.147 e. The number of hydrogen-bond donors (Lipinski definition) is 0. The van der Waals surface area contributed by atoms with Crippen LogP contribution in [-0.4, -0.2) is 23.3 Å². The third-order valence-electron chi connectivity index (χ3n) is 1.39. The van der Waals surface area contributed by atoms with Gasteiger partial charge in [-0.1, -0.05) is 0 Å². The minimum atomic E-state index is -0.398. The maximum atomic E-state index is 2.31. The zero-order chi connectivity index (χ0) is 7.40. The van der Waals surface area contributed by atoms with Gasteiger partial charge in [-0.15, -0.1) is 37.2 Å². The van der Waals surface area contributed by atoms with Crippen molar-refractivity contribution in [3.63, 3.8) is 0 Å². The van der Waals surface area contributed by atoms with Gasteiger partial charge >= 0.3 is 74.2 Å². The van der Waals surface area contributed by atoms with Crippen molar-refractivity contribution in [2.75, 3.05) is 18.4 Å². The van der Waals surface area contributed by atoms with Gasteiger partial charge in [-0.25, -0.2) is 0 Å². The quantitative estimate of drug-likeness (QED) is 0.646. The molecule has 1 rings (SSSR count). The first-order chi connectivity index (χ1) is 4.79. The van der Waals surface area contributed by atoms with Gasteiger partial charge in [0.15, 0.2) is 0 Å². The summed E-state index contributed by atoms with van der Waals surface area (Å²) in [4.78, 5) is 2.31. The van der Waals surface area contributed by atoms with Gasteiger partial charge in [-0.2, -0.15) is 0 Å². The largest absolute Gasteiger partial charge is 0.147 e. The monoisotopic (exact) mass is 411 g/mol. The predicted octanol–water partition coefficient (Wildman–Crippen LogP) is 2.70. The molecule has 0 heterocycles. The third-order valence-corrected chi connectivity index (χ3v) is 7.20. The molecule has 1 aliphatic rings. The second kappa shape index (κ2) is 11.3. The van der Waals surface area contributed by atoms with E-state index in [2.05, 4.69) is 37.2 Å². The summed E-state index contributed by atoms with van der Waals surface area (Å²) in [6.07, 6.45) is 8.03. The first-order valence-corrected chi connectivity index (χ1v) is 7.87. The maximum Gasteiger partial charge on any atom is -0.147 e. The summed E-state index contributed by atoms with van der Waals surface area (Å²) < 4.78 is 3.13. The molecule has 0 fully saturated rings. The van der Waals surface area contributed by atoms with Crippen LogP contribution in [0.25, 0.3) is 0 Å². The van der Waals surface area contributed by atoms with E-state index in [4.69, 9.17) is 0 Å². The van der Waals surface area contributed by atoms with E-state index in [9.17, 15) is 0 Å². The Morgan fingerprint density at radius 1 is 1.31 bits per heavy atom. The van der Waals surface area contributed by atoms with Crippen LogP contribution in [0, 0.1) is 0 Å². The molecule has 0 saturated heterocycles. The van der Waals surface area contributed by atoms with E-state index in [1.165, 1.54) is 10.7 Å². The normalized spacial score (nSPS) is 12.4. The Balaban J connectivity index is -0.000000333. The van der Waals surface area contributed by atoms with E-state index in [0.717, 1.165) is 0 Å². The Labute approximate surface area is 111 Å². The van der Waals surface area contributed by atoms with Crippen LogP contribution in [-0.2, 0) is 22.9 Å². The van der Waals surface area contributed by atoms with Crippen molar-refractivity contribution in [3.8, 4) is 0 Å². The summed E-state index contributed by atoms with van der Waals surface area (Å²) >= 11 is -0.398. The fourth-order valence-corrected chi connectivity index (χ4v) is 4.41. The number of halogens is 3. The molecule has 0 atom stereocenters. The van der Waals surface area contributed by atoms with Gasteiger partial charge in [0.05, 0.1) is 0 Å². The van der Waals surface area contributed by atoms with Crippen molar-refractivity contribution in [1.82, 2.24) is 4.90 Å². The summed E-state index contributed by atoms with van der Waals surface area (Å²) in [5, 5.41) is 0. The van der Waals surface area contributed by atoms with Crippen molar-refractivity contribution in [2.45, 2.75) is 6.42 Å². The Bertz CT molecular complexity index is 169. The first-order valence-electron chi connectivity index (χ1n) is 3.53. The third kappa shape index (κ3) is 9.48. The summed E-state index contributed by atoms with van der Waals surface area (Å²) in [5.74, 6) is 0. The molecule has 0 amide bonds. The van der Waals surface area contributed by atoms with Crippen molar-refractivity contribution in [1.29, 1.82) is 0 Å². The van der Waals surface area contributed by atoms with Crippen LogP contribution in [0.4, 0.5) is 0 Å². The molecular weight excluding hydrogens is 395 g/mol. The maximum absolute atomic E-state index is 2.31. The topological polar surface area (TPSA) is 3.24 Å². The molecule has 0 aliphatic heterocycles. The average molecular weight is 411 g/mol. The van der Waals surface area contributed by atoms with E-state index in [1.54, 1.807) is 3.33 Å². The standard InChI is InChI=1S/C5H5.C3H8N.3ClH.Hf/c1-2-4-5-3-1;1-4(2)3;;;;/h1-3H,4H2;1H2,2-3H3;3*1H;. The van der Waals surface area contributed by atoms with E-state index in [0.29, 0.717) is 0 Å². The Hall–Kier alpha value is 1.18. The van der Waals surface area contributed by atoms with Gasteiger partial charge < -0.3 is 0 Å². The zero-order valence-electron chi connectivity index (χ0n) is 7.82. The molecule has 1 aliphatic carbocycles. The Kier molecular flexibility index (Phi) is 17.1. The minimum absolute atomic E-state index is 0. The molecule has 0 aromatic carbocycles. The molecule has 0 aromatic heterocycles. The van der Waals surface area contributed by atoms with E-state index in [-0.39, 0.29) is 37.2 Å². The molecule has 78 valence electrons. The molecular formula is C8H16Cl3HfN.